The molecule has 0 N–H and O–H groups in total. The summed E-state index contributed by atoms with van der Waals surface area (Å²) >= 11 is 3.48. The van der Waals surface area contributed by atoms with Gasteiger partial charge in [0.05, 0.1) is 21.8 Å². The molecule has 0 spiro atoms. The zero-order valence-electron chi connectivity index (χ0n) is 14.9. The van der Waals surface area contributed by atoms with Gasteiger partial charge in [-0.05, 0) is 54.4 Å². The summed E-state index contributed by atoms with van der Waals surface area (Å²) in [5, 5.41) is 5.40. The molecule has 1 fully saturated rings. The second-order valence-corrected chi connectivity index (χ2v) is 8.84. The summed E-state index contributed by atoms with van der Waals surface area (Å²) in [7, 11) is 2.02. The maximum Gasteiger partial charge on any atom is 0.236 e. The molecule has 3 heterocycles. The van der Waals surface area contributed by atoms with Gasteiger partial charge in [-0.25, -0.2) is 4.98 Å². The van der Waals surface area contributed by atoms with Crippen LogP contribution in [0.15, 0.2) is 41.1 Å². The Morgan fingerprint density at radius 1 is 1.35 bits per heavy atom. The number of para-hydroxylation sites is 1. The molecule has 136 valence electrons. The lowest BCUT2D eigenvalue weighted by Gasteiger charge is -2.33. The molecule has 26 heavy (non-hydrogen) atoms. The van der Waals surface area contributed by atoms with Crippen LogP contribution >= 0.6 is 22.7 Å². The van der Waals surface area contributed by atoms with E-state index >= 15 is 0 Å². The summed E-state index contributed by atoms with van der Waals surface area (Å²) in [6.07, 6.45) is 2.18. The number of likely N-dealkylation sites (tertiary alicyclic amines) is 1. The van der Waals surface area contributed by atoms with Crippen molar-refractivity contribution in [3.8, 4) is 0 Å². The molecule has 2 aromatic heterocycles. The molecule has 0 saturated carbocycles. The first-order chi connectivity index (χ1) is 12.7. The monoisotopic (exact) mass is 385 g/mol. The lowest BCUT2D eigenvalue weighted by molar-refractivity contribution is -0.133. The molecule has 0 aliphatic carbocycles. The van der Waals surface area contributed by atoms with Crippen LogP contribution in [0, 0.1) is 0 Å². The Morgan fingerprint density at radius 2 is 2.23 bits per heavy atom. The highest BCUT2D eigenvalue weighted by Gasteiger charge is 2.27. The Morgan fingerprint density at radius 3 is 3.04 bits per heavy atom. The molecule has 4 rings (SSSR count). The molecule has 1 aliphatic rings. The molecule has 1 atom stereocenters. The number of carbonyl (C=O) groups is 1. The molecular formula is C20H23N3OS2. The number of aromatic nitrogens is 1. The summed E-state index contributed by atoms with van der Waals surface area (Å²) in [4.78, 5) is 21.7. The van der Waals surface area contributed by atoms with E-state index in [0.717, 1.165) is 38.0 Å². The first kappa shape index (κ1) is 17.6. The average molecular weight is 386 g/mol. The summed E-state index contributed by atoms with van der Waals surface area (Å²) in [5.41, 5.74) is 2.35. The van der Waals surface area contributed by atoms with Crippen LogP contribution in [0.5, 0.6) is 0 Å². The van der Waals surface area contributed by atoms with Gasteiger partial charge in [0.25, 0.3) is 0 Å². The Bertz CT molecular complexity index is 841. The Kier molecular flexibility index (Phi) is 5.33. The number of thiazole rings is 1. The van der Waals surface area contributed by atoms with Crippen LogP contribution in [0.25, 0.3) is 10.2 Å². The van der Waals surface area contributed by atoms with Crippen molar-refractivity contribution >= 4 is 38.8 Å². The van der Waals surface area contributed by atoms with E-state index in [1.165, 1.54) is 15.3 Å². The maximum atomic E-state index is 12.8. The first-order valence-corrected chi connectivity index (χ1v) is 10.8. The van der Waals surface area contributed by atoms with Crippen LogP contribution in [0.1, 0.15) is 29.3 Å². The van der Waals surface area contributed by atoms with E-state index in [9.17, 15) is 4.79 Å². The van der Waals surface area contributed by atoms with Gasteiger partial charge in [0.2, 0.25) is 5.91 Å². The zero-order chi connectivity index (χ0) is 17.9. The number of nitrogens with zero attached hydrogens (tertiary/aromatic N) is 3. The van der Waals surface area contributed by atoms with Gasteiger partial charge in [0, 0.05) is 25.6 Å². The van der Waals surface area contributed by atoms with Crippen molar-refractivity contribution in [3.05, 3.63) is 51.7 Å². The summed E-state index contributed by atoms with van der Waals surface area (Å²) < 4.78 is 1.24. The number of carbonyl (C=O) groups excluding carboxylic acids is 1. The van der Waals surface area contributed by atoms with Crippen molar-refractivity contribution in [2.45, 2.75) is 25.3 Å². The molecule has 1 saturated heterocycles. The number of likely N-dealkylation sites (N-methyl/N-ethyl adjacent to an activating group) is 1. The van der Waals surface area contributed by atoms with Crippen molar-refractivity contribution in [1.29, 1.82) is 0 Å². The smallest absolute Gasteiger partial charge is 0.236 e. The van der Waals surface area contributed by atoms with E-state index in [1.807, 2.05) is 18.0 Å². The fourth-order valence-corrected chi connectivity index (χ4v) is 5.30. The predicted octanol–water partition coefficient (Wildman–Crippen LogP) is 4.20. The highest BCUT2D eigenvalue weighted by molar-refractivity contribution is 7.18. The van der Waals surface area contributed by atoms with Crippen molar-refractivity contribution in [2.24, 2.45) is 0 Å². The highest BCUT2D eigenvalue weighted by Crippen LogP contribution is 2.33. The molecule has 0 bridgehead atoms. The molecule has 0 radical (unpaired) electrons. The van der Waals surface area contributed by atoms with E-state index in [-0.39, 0.29) is 5.91 Å². The van der Waals surface area contributed by atoms with Gasteiger partial charge in [-0.3, -0.25) is 9.69 Å². The molecule has 3 aromatic rings. The molecule has 1 aromatic carbocycles. The SMILES string of the molecule is CN(CC(=O)N1CCC[C@H](c2nc3ccccc3s2)C1)Cc1ccsc1. The molecular weight excluding hydrogens is 362 g/mol. The van der Waals surface area contributed by atoms with E-state index < -0.39 is 0 Å². The summed E-state index contributed by atoms with van der Waals surface area (Å²) in [5.74, 6) is 0.598. The van der Waals surface area contributed by atoms with Crippen LogP contribution in [-0.2, 0) is 11.3 Å². The largest absolute Gasteiger partial charge is 0.341 e. The average Bonchev–Trinajstić information content (AvgIpc) is 3.31. The van der Waals surface area contributed by atoms with Crippen LogP contribution in [0.2, 0.25) is 0 Å². The standard InChI is InChI=1S/C20H23N3OS2/c1-22(11-15-8-10-25-14-15)13-19(24)23-9-4-5-16(12-23)20-21-17-6-2-3-7-18(17)26-20/h2-3,6-8,10,14,16H,4-5,9,11-13H2,1H3/t16-/m0/s1. The lowest BCUT2D eigenvalue weighted by Crippen LogP contribution is -2.43. The molecule has 4 nitrogen and oxygen atoms in total. The third kappa shape index (κ3) is 3.98. The molecule has 1 amide bonds. The maximum absolute atomic E-state index is 12.8. The second kappa shape index (κ2) is 7.86. The van der Waals surface area contributed by atoms with Crippen LogP contribution < -0.4 is 0 Å². The zero-order valence-corrected chi connectivity index (χ0v) is 16.6. The minimum absolute atomic E-state index is 0.230. The van der Waals surface area contributed by atoms with Gasteiger partial charge >= 0.3 is 0 Å². The van der Waals surface area contributed by atoms with Crippen molar-refractivity contribution < 1.29 is 4.79 Å². The summed E-state index contributed by atoms with van der Waals surface area (Å²) in [6.45, 7) is 2.96. The van der Waals surface area contributed by atoms with Crippen molar-refractivity contribution in [2.75, 3.05) is 26.7 Å². The topological polar surface area (TPSA) is 36.4 Å². The fourth-order valence-electron chi connectivity index (χ4n) is 3.55. The van der Waals surface area contributed by atoms with Crippen LogP contribution in [-0.4, -0.2) is 47.4 Å². The normalized spacial score (nSPS) is 17.9. The molecule has 1 aliphatic heterocycles. The second-order valence-electron chi connectivity index (χ2n) is 7.00. The predicted molar refractivity (Wildman–Crippen MR) is 109 cm³/mol. The number of hydrogen-bond donors (Lipinski definition) is 0. The Labute approximate surface area is 162 Å². The van der Waals surface area contributed by atoms with Crippen molar-refractivity contribution in [1.82, 2.24) is 14.8 Å². The van der Waals surface area contributed by atoms with Gasteiger partial charge in [-0.1, -0.05) is 12.1 Å². The van der Waals surface area contributed by atoms with Gasteiger partial charge in [-0.2, -0.15) is 11.3 Å². The number of rotatable bonds is 5. The Hall–Kier alpha value is -1.76. The van der Waals surface area contributed by atoms with E-state index in [0.29, 0.717) is 12.5 Å². The third-order valence-electron chi connectivity index (χ3n) is 4.87. The van der Waals surface area contributed by atoms with Gasteiger partial charge in [-0.15, -0.1) is 11.3 Å². The number of fused-ring (bicyclic) bond motifs is 1. The number of hydrogen-bond acceptors (Lipinski definition) is 5. The van der Waals surface area contributed by atoms with E-state index in [4.69, 9.17) is 4.98 Å². The van der Waals surface area contributed by atoms with Gasteiger partial charge in [0.15, 0.2) is 0 Å². The quantitative estimate of drug-likeness (QED) is 0.661. The van der Waals surface area contributed by atoms with E-state index in [2.05, 4.69) is 39.9 Å². The lowest BCUT2D eigenvalue weighted by atomic mass is 9.98. The number of piperidine rings is 1. The third-order valence-corrected chi connectivity index (χ3v) is 6.80. The number of amides is 1. The number of thiophene rings is 1. The minimum atomic E-state index is 0.230. The van der Waals surface area contributed by atoms with Crippen molar-refractivity contribution in [3.63, 3.8) is 0 Å². The molecule has 6 heteroatoms. The fraction of sp³-hybridized carbons (Fsp3) is 0.400. The van der Waals surface area contributed by atoms with Gasteiger partial charge < -0.3 is 4.90 Å². The number of benzene rings is 1. The first-order valence-electron chi connectivity index (χ1n) is 9.02. The van der Waals surface area contributed by atoms with Crippen LogP contribution in [0.4, 0.5) is 0 Å². The molecule has 0 unspecified atom stereocenters. The van der Waals surface area contributed by atoms with Crippen LogP contribution in [0.3, 0.4) is 0 Å². The van der Waals surface area contributed by atoms with Gasteiger partial charge in [0.1, 0.15) is 0 Å². The summed E-state index contributed by atoms with van der Waals surface area (Å²) in [6, 6.07) is 10.4. The van der Waals surface area contributed by atoms with E-state index in [1.54, 1.807) is 22.7 Å². The minimum Gasteiger partial charge on any atom is -0.341 e. The highest BCUT2D eigenvalue weighted by atomic mass is 32.1. The Balaban J connectivity index is 1.38.